The van der Waals surface area contributed by atoms with Gasteiger partial charge in [0.15, 0.2) is 11.5 Å². The van der Waals surface area contributed by atoms with Gasteiger partial charge in [0.05, 0.1) is 23.7 Å². The van der Waals surface area contributed by atoms with Crippen molar-refractivity contribution >= 4 is 11.0 Å². The number of rotatable bonds is 4. The van der Waals surface area contributed by atoms with Crippen LogP contribution in [0.25, 0.3) is 11.0 Å². The first-order chi connectivity index (χ1) is 12.2. The molecule has 0 saturated carbocycles. The molecule has 3 aromatic rings. The van der Waals surface area contributed by atoms with Crippen LogP contribution in [-0.2, 0) is 13.1 Å². The van der Waals surface area contributed by atoms with Crippen LogP contribution in [0.5, 0.6) is 11.5 Å². The average molecular weight is 340 g/mol. The number of aryl methyl sites for hydroxylation is 1. The first-order valence-electron chi connectivity index (χ1n) is 8.44. The summed E-state index contributed by atoms with van der Waals surface area (Å²) < 4.78 is 14.4. The zero-order valence-electron chi connectivity index (χ0n) is 14.0. The molecule has 0 bridgehead atoms. The predicted octanol–water partition coefficient (Wildman–Crippen LogP) is 2.33. The molecule has 0 fully saturated rings. The van der Waals surface area contributed by atoms with Gasteiger partial charge in [0.25, 0.3) is 0 Å². The Morgan fingerprint density at radius 3 is 2.44 bits per heavy atom. The molecule has 0 spiro atoms. The zero-order chi connectivity index (χ0) is 17.4. The number of imidazole rings is 1. The van der Waals surface area contributed by atoms with Gasteiger partial charge in [-0.2, -0.15) is 0 Å². The van der Waals surface area contributed by atoms with Crippen LogP contribution < -0.4 is 15.2 Å². The Balaban J connectivity index is 1.70. The van der Waals surface area contributed by atoms with Crippen molar-refractivity contribution in [3.05, 3.63) is 58.5 Å². The van der Waals surface area contributed by atoms with E-state index >= 15 is 0 Å². The van der Waals surface area contributed by atoms with Crippen LogP contribution in [0.2, 0.25) is 0 Å². The summed E-state index contributed by atoms with van der Waals surface area (Å²) in [6.07, 6.45) is -0.815. The maximum Gasteiger partial charge on any atom is 0.329 e. The van der Waals surface area contributed by atoms with E-state index in [1.54, 1.807) is 21.3 Å². The monoisotopic (exact) mass is 340 g/mol. The SMILES string of the molecule is CCn1c(=O)n(C[C@H](O)c2ccc3c(c2)OCCO3)c2ccccc21. The average Bonchev–Trinajstić information content (AvgIpc) is 2.92. The molecule has 1 atom stereocenters. The molecule has 1 N–H and O–H groups in total. The van der Waals surface area contributed by atoms with Gasteiger partial charge in [0.2, 0.25) is 0 Å². The first kappa shape index (κ1) is 15.8. The third-order valence-electron chi connectivity index (χ3n) is 4.55. The van der Waals surface area contributed by atoms with E-state index in [9.17, 15) is 9.90 Å². The summed E-state index contributed by atoms with van der Waals surface area (Å²) in [5, 5.41) is 10.7. The van der Waals surface area contributed by atoms with Gasteiger partial charge in [-0.25, -0.2) is 4.79 Å². The lowest BCUT2D eigenvalue weighted by Gasteiger charge is -2.20. The molecule has 130 valence electrons. The molecule has 1 aliphatic rings. The smallest absolute Gasteiger partial charge is 0.329 e. The van der Waals surface area contributed by atoms with Gasteiger partial charge in [-0.05, 0) is 36.8 Å². The number of aliphatic hydroxyl groups excluding tert-OH is 1. The Labute approximate surface area is 144 Å². The topological polar surface area (TPSA) is 65.6 Å². The highest BCUT2D eigenvalue weighted by Gasteiger charge is 2.19. The Morgan fingerprint density at radius 1 is 1.04 bits per heavy atom. The summed E-state index contributed by atoms with van der Waals surface area (Å²) in [6, 6.07) is 13.0. The number of hydrogen-bond acceptors (Lipinski definition) is 4. The maximum atomic E-state index is 12.7. The molecule has 6 heteroatoms. The second kappa shape index (κ2) is 6.29. The lowest BCUT2D eigenvalue weighted by molar-refractivity contribution is 0.151. The van der Waals surface area contributed by atoms with Gasteiger partial charge >= 0.3 is 5.69 Å². The number of benzene rings is 2. The number of fused-ring (bicyclic) bond motifs is 2. The summed E-state index contributed by atoms with van der Waals surface area (Å²) >= 11 is 0. The number of aromatic nitrogens is 2. The molecule has 25 heavy (non-hydrogen) atoms. The molecule has 1 aliphatic heterocycles. The Hall–Kier alpha value is -2.73. The number of aliphatic hydroxyl groups is 1. The van der Waals surface area contributed by atoms with Crippen molar-refractivity contribution in [2.24, 2.45) is 0 Å². The van der Waals surface area contributed by atoms with E-state index in [4.69, 9.17) is 9.47 Å². The van der Waals surface area contributed by atoms with Crippen LogP contribution in [0, 0.1) is 0 Å². The molecule has 1 aromatic heterocycles. The lowest BCUT2D eigenvalue weighted by Crippen LogP contribution is -2.26. The minimum absolute atomic E-state index is 0.111. The highest BCUT2D eigenvalue weighted by molar-refractivity contribution is 5.76. The van der Waals surface area contributed by atoms with E-state index in [0.717, 1.165) is 11.0 Å². The molecule has 4 rings (SSSR count). The molecule has 2 heterocycles. The number of para-hydroxylation sites is 2. The van der Waals surface area contributed by atoms with E-state index in [2.05, 4.69) is 0 Å². The summed E-state index contributed by atoms with van der Waals surface area (Å²) in [7, 11) is 0. The molecular weight excluding hydrogens is 320 g/mol. The third kappa shape index (κ3) is 2.68. The lowest BCUT2D eigenvalue weighted by atomic mass is 10.1. The minimum Gasteiger partial charge on any atom is -0.486 e. The normalized spacial score (nSPS) is 14.6. The maximum absolute atomic E-state index is 12.7. The Bertz CT molecular complexity index is 973. The number of ether oxygens (including phenoxy) is 2. The third-order valence-corrected chi connectivity index (χ3v) is 4.55. The fraction of sp³-hybridized carbons (Fsp3) is 0.316. The van der Waals surface area contributed by atoms with Crippen LogP contribution in [0.3, 0.4) is 0 Å². The van der Waals surface area contributed by atoms with Crippen molar-refractivity contribution < 1.29 is 14.6 Å². The van der Waals surface area contributed by atoms with E-state index in [1.807, 2.05) is 37.3 Å². The van der Waals surface area contributed by atoms with Gasteiger partial charge in [-0.3, -0.25) is 9.13 Å². The quantitative estimate of drug-likeness (QED) is 0.792. The predicted molar refractivity (Wildman–Crippen MR) is 94.3 cm³/mol. The number of nitrogens with zero attached hydrogens (tertiary/aromatic N) is 2. The summed E-state index contributed by atoms with van der Waals surface area (Å²) in [4.78, 5) is 12.7. The second-order valence-corrected chi connectivity index (χ2v) is 6.05. The molecule has 2 aromatic carbocycles. The van der Waals surface area contributed by atoms with Crippen molar-refractivity contribution in [1.82, 2.24) is 9.13 Å². The first-order valence-corrected chi connectivity index (χ1v) is 8.44. The van der Waals surface area contributed by atoms with E-state index in [0.29, 0.717) is 36.8 Å². The van der Waals surface area contributed by atoms with Gasteiger partial charge in [0, 0.05) is 6.54 Å². The molecule has 0 saturated heterocycles. The van der Waals surface area contributed by atoms with Gasteiger partial charge < -0.3 is 14.6 Å². The van der Waals surface area contributed by atoms with Crippen LogP contribution >= 0.6 is 0 Å². The highest BCUT2D eigenvalue weighted by Crippen LogP contribution is 2.33. The fourth-order valence-electron chi connectivity index (χ4n) is 3.30. The van der Waals surface area contributed by atoms with E-state index in [-0.39, 0.29) is 12.2 Å². The zero-order valence-corrected chi connectivity index (χ0v) is 14.0. The van der Waals surface area contributed by atoms with E-state index in [1.165, 1.54) is 0 Å². The van der Waals surface area contributed by atoms with Gasteiger partial charge in [0.1, 0.15) is 13.2 Å². The summed E-state index contributed by atoms with van der Waals surface area (Å²) in [5.41, 5.74) is 2.29. The second-order valence-electron chi connectivity index (χ2n) is 6.05. The van der Waals surface area contributed by atoms with Crippen LogP contribution in [-0.4, -0.2) is 27.5 Å². The van der Waals surface area contributed by atoms with Crippen molar-refractivity contribution in [2.75, 3.05) is 13.2 Å². The molecule has 6 nitrogen and oxygen atoms in total. The Morgan fingerprint density at radius 2 is 1.72 bits per heavy atom. The Kier molecular flexibility index (Phi) is 3.97. The van der Waals surface area contributed by atoms with Crippen molar-refractivity contribution in [2.45, 2.75) is 26.1 Å². The molecular formula is C19H20N2O4. The molecule has 0 unspecified atom stereocenters. The minimum atomic E-state index is -0.815. The van der Waals surface area contributed by atoms with Crippen LogP contribution in [0.15, 0.2) is 47.3 Å². The molecule has 0 aliphatic carbocycles. The van der Waals surface area contributed by atoms with Crippen molar-refractivity contribution in [3.8, 4) is 11.5 Å². The number of hydrogen-bond donors (Lipinski definition) is 1. The largest absolute Gasteiger partial charge is 0.486 e. The van der Waals surface area contributed by atoms with E-state index < -0.39 is 6.10 Å². The summed E-state index contributed by atoms with van der Waals surface area (Å²) in [6.45, 7) is 3.74. The van der Waals surface area contributed by atoms with Gasteiger partial charge in [-0.1, -0.05) is 18.2 Å². The van der Waals surface area contributed by atoms with Crippen LogP contribution in [0.4, 0.5) is 0 Å². The van der Waals surface area contributed by atoms with Crippen molar-refractivity contribution in [1.29, 1.82) is 0 Å². The molecule has 0 radical (unpaired) electrons. The highest BCUT2D eigenvalue weighted by atomic mass is 16.6. The fourth-order valence-corrected chi connectivity index (χ4v) is 3.30. The van der Waals surface area contributed by atoms with Crippen LogP contribution in [0.1, 0.15) is 18.6 Å². The van der Waals surface area contributed by atoms with Crippen molar-refractivity contribution in [3.63, 3.8) is 0 Å². The standard InChI is InChI=1S/C19H20N2O4/c1-2-20-14-5-3-4-6-15(14)21(19(20)23)12-16(22)13-7-8-17-18(11-13)25-10-9-24-17/h3-8,11,16,22H,2,9-10,12H2,1H3/t16-/m0/s1. The summed E-state index contributed by atoms with van der Waals surface area (Å²) in [5.74, 6) is 1.31. The van der Waals surface area contributed by atoms with Gasteiger partial charge in [-0.15, -0.1) is 0 Å². The molecule has 0 amide bonds.